The maximum Gasteiger partial charge on any atom is 0.148 e. The van der Waals surface area contributed by atoms with Gasteiger partial charge in [-0.3, -0.25) is 0 Å². The quantitative estimate of drug-likeness (QED) is 0.369. The van der Waals surface area contributed by atoms with Gasteiger partial charge in [-0.2, -0.15) is 0 Å². The van der Waals surface area contributed by atoms with Crippen molar-refractivity contribution < 1.29 is 0 Å². The summed E-state index contributed by atoms with van der Waals surface area (Å²) in [4.78, 5) is 0. The van der Waals surface area contributed by atoms with Gasteiger partial charge in [-0.25, -0.2) is 0 Å². The van der Waals surface area contributed by atoms with Crippen LogP contribution in [0.3, 0.4) is 0 Å². The van der Waals surface area contributed by atoms with Gasteiger partial charge in [0, 0.05) is 16.7 Å². The fourth-order valence-electron chi connectivity index (χ4n) is 1.16. The van der Waals surface area contributed by atoms with Crippen LogP contribution in [0.5, 0.6) is 0 Å². The number of quaternary nitrogens is 1. The van der Waals surface area contributed by atoms with Crippen LogP contribution in [0, 0.1) is 10.4 Å². The summed E-state index contributed by atoms with van der Waals surface area (Å²) in [6.07, 6.45) is 0. The highest BCUT2D eigenvalue weighted by atomic mass is 35.5. The van der Waals surface area contributed by atoms with Gasteiger partial charge < -0.3 is 14.6 Å². The summed E-state index contributed by atoms with van der Waals surface area (Å²) in [6, 6.07) is 4.73. The molecule has 0 aliphatic carbocycles. The van der Waals surface area contributed by atoms with Crippen molar-refractivity contribution in [3.05, 3.63) is 39.2 Å². The summed E-state index contributed by atoms with van der Waals surface area (Å²) in [5.41, 5.74) is 1.02. The van der Waals surface area contributed by atoms with Gasteiger partial charge in [-0.15, -0.1) is 0 Å². The molecule has 5 heteroatoms. The third-order valence-corrected chi connectivity index (χ3v) is 2.94. The highest BCUT2D eigenvalue weighted by molar-refractivity contribution is 7.98. The fourth-order valence-corrected chi connectivity index (χ4v) is 2.21. The number of halogens is 1. The molecule has 2 rings (SSSR count). The fraction of sp³-hybridized carbons (Fsp3) is 0.143. The number of rotatable bonds is 0. The minimum Gasteiger partial charge on any atom is -0.614 e. The minimum atomic E-state index is -1.59. The summed E-state index contributed by atoms with van der Waals surface area (Å²) in [5.74, 6) is 0.447. The van der Waals surface area contributed by atoms with E-state index < -0.39 is 4.21 Å². The van der Waals surface area contributed by atoms with Gasteiger partial charge in [-0.05, 0) is 12.1 Å². The molecule has 3 nitrogen and oxygen atoms in total. The monoisotopic (exact) mass is 202 g/mol. The van der Waals surface area contributed by atoms with Gasteiger partial charge in [-0.1, -0.05) is 11.6 Å². The summed E-state index contributed by atoms with van der Waals surface area (Å²) in [5, 5.41) is 22.8. The SMILES string of the molecule is [O-][N+]1([O-])SCc2cc(Cl)ccc21. The molecule has 0 radical (unpaired) electrons. The normalized spacial score (nSPS) is 19.2. The van der Waals surface area contributed by atoms with E-state index in [9.17, 15) is 10.4 Å². The second-order valence-electron chi connectivity index (χ2n) is 2.54. The molecule has 64 valence electrons. The Hall–Kier alpha value is -0.260. The summed E-state index contributed by atoms with van der Waals surface area (Å²) in [7, 11) is 0. The first-order valence-corrected chi connectivity index (χ1v) is 4.66. The van der Waals surface area contributed by atoms with E-state index in [4.69, 9.17) is 11.6 Å². The Morgan fingerprint density at radius 2 is 2.17 bits per heavy atom. The van der Waals surface area contributed by atoms with Crippen molar-refractivity contribution >= 4 is 29.2 Å². The third kappa shape index (κ3) is 1.22. The van der Waals surface area contributed by atoms with Crippen molar-refractivity contribution in [1.82, 2.24) is 4.21 Å². The van der Waals surface area contributed by atoms with Crippen LogP contribution in [0.15, 0.2) is 18.2 Å². The lowest BCUT2D eigenvalue weighted by Crippen LogP contribution is -2.22. The van der Waals surface area contributed by atoms with Crippen LogP contribution in [0.25, 0.3) is 0 Å². The molecule has 0 aromatic heterocycles. The smallest absolute Gasteiger partial charge is 0.148 e. The number of fused-ring (bicyclic) bond motifs is 1. The lowest BCUT2D eigenvalue weighted by molar-refractivity contribution is 0.824. The van der Waals surface area contributed by atoms with E-state index in [1.165, 1.54) is 6.07 Å². The van der Waals surface area contributed by atoms with Crippen LogP contribution in [-0.2, 0) is 5.75 Å². The molecule has 0 unspecified atom stereocenters. The number of benzene rings is 1. The predicted molar refractivity (Wildman–Crippen MR) is 51.3 cm³/mol. The molecule has 0 bridgehead atoms. The molecular weight excluding hydrogens is 198 g/mol. The lowest BCUT2D eigenvalue weighted by Gasteiger charge is -2.39. The Morgan fingerprint density at radius 3 is 2.92 bits per heavy atom. The van der Waals surface area contributed by atoms with Gasteiger partial charge in [0.05, 0.1) is 17.7 Å². The zero-order valence-electron chi connectivity index (χ0n) is 5.99. The number of hydrogen-bond acceptors (Lipinski definition) is 3. The molecule has 0 saturated carbocycles. The van der Waals surface area contributed by atoms with Crippen molar-refractivity contribution in [1.29, 1.82) is 0 Å². The molecule has 12 heavy (non-hydrogen) atoms. The first kappa shape index (κ1) is 8.34. The maximum atomic E-state index is 11.1. The third-order valence-electron chi connectivity index (χ3n) is 1.73. The van der Waals surface area contributed by atoms with Crippen molar-refractivity contribution in [2.45, 2.75) is 5.75 Å². The van der Waals surface area contributed by atoms with Gasteiger partial charge in [0.1, 0.15) is 5.69 Å². The molecule has 1 aromatic carbocycles. The molecule has 0 atom stereocenters. The molecule has 0 fully saturated rings. The summed E-state index contributed by atoms with van der Waals surface area (Å²) in [6.45, 7) is 0. The molecule has 0 spiro atoms. The highest BCUT2D eigenvalue weighted by Gasteiger charge is 2.25. The van der Waals surface area contributed by atoms with Crippen LogP contribution >= 0.6 is 23.5 Å². The Kier molecular flexibility index (Phi) is 1.82. The molecule has 0 amide bonds. The summed E-state index contributed by atoms with van der Waals surface area (Å²) < 4.78 is -1.59. The Balaban J connectivity index is 2.55. The Labute approximate surface area is 78.8 Å². The molecule has 1 aliphatic rings. The average Bonchev–Trinajstić information content (AvgIpc) is 2.27. The Morgan fingerprint density at radius 1 is 1.42 bits per heavy atom. The zero-order chi connectivity index (χ0) is 8.77. The standard InChI is InChI=1S/C7H5ClNO2S/c8-6-1-2-7-5(3-6)4-12-9(7,10)11/h1-3H,4H2/q-1. The van der Waals surface area contributed by atoms with Gasteiger partial charge in [0.2, 0.25) is 0 Å². The molecule has 0 N–H and O–H groups in total. The maximum absolute atomic E-state index is 11.1. The van der Waals surface area contributed by atoms with Crippen molar-refractivity contribution in [2.24, 2.45) is 0 Å². The molecule has 1 aliphatic heterocycles. The van der Waals surface area contributed by atoms with Gasteiger partial charge in [0.25, 0.3) is 0 Å². The lowest BCUT2D eigenvalue weighted by atomic mass is 10.2. The Bertz CT molecular complexity index is 329. The molecular formula is C7H5ClNO2S-. The van der Waals surface area contributed by atoms with Crippen LogP contribution in [0.2, 0.25) is 5.02 Å². The molecule has 0 saturated heterocycles. The molecule has 1 aromatic rings. The van der Waals surface area contributed by atoms with E-state index in [2.05, 4.69) is 0 Å². The van der Waals surface area contributed by atoms with Crippen LogP contribution in [-0.4, -0.2) is 0 Å². The van der Waals surface area contributed by atoms with Crippen LogP contribution < -0.4 is 4.21 Å². The van der Waals surface area contributed by atoms with Crippen molar-refractivity contribution in [2.75, 3.05) is 0 Å². The summed E-state index contributed by atoms with van der Waals surface area (Å²) >= 11 is 6.50. The predicted octanol–water partition coefficient (Wildman–Crippen LogP) is 2.80. The first-order chi connectivity index (χ1) is 5.59. The first-order valence-electron chi connectivity index (χ1n) is 3.34. The van der Waals surface area contributed by atoms with Gasteiger partial charge >= 0.3 is 0 Å². The second kappa shape index (κ2) is 2.61. The number of nitrogens with zero attached hydrogens (tertiary/aromatic N) is 1. The van der Waals surface area contributed by atoms with E-state index in [1.54, 1.807) is 12.1 Å². The largest absolute Gasteiger partial charge is 0.614 e. The average molecular weight is 203 g/mol. The van der Waals surface area contributed by atoms with E-state index >= 15 is 0 Å². The van der Waals surface area contributed by atoms with E-state index in [0.717, 1.165) is 17.5 Å². The molecule has 1 heterocycles. The van der Waals surface area contributed by atoms with Crippen LogP contribution in [0.4, 0.5) is 5.69 Å². The zero-order valence-corrected chi connectivity index (χ0v) is 7.56. The van der Waals surface area contributed by atoms with E-state index in [0.29, 0.717) is 10.8 Å². The van der Waals surface area contributed by atoms with E-state index in [-0.39, 0.29) is 5.69 Å². The van der Waals surface area contributed by atoms with Crippen molar-refractivity contribution in [3.63, 3.8) is 0 Å². The highest BCUT2D eigenvalue weighted by Crippen LogP contribution is 2.43. The van der Waals surface area contributed by atoms with Gasteiger partial charge in [0.15, 0.2) is 0 Å². The van der Waals surface area contributed by atoms with E-state index in [1.807, 2.05) is 0 Å². The second-order valence-corrected chi connectivity index (χ2v) is 4.01. The number of hydrogen-bond donors (Lipinski definition) is 0. The topological polar surface area (TPSA) is 46.1 Å². The van der Waals surface area contributed by atoms with Crippen molar-refractivity contribution in [3.8, 4) is 0 Å². The minimum absolute atomic E-state index is 0.268. The van der Waals surface area contributed by atoms with Crippen LogP contribution in [0.1, 0.15) is 5.56 Å².